The topological polar surface area (TPSA) is 107 Å². The molecule has 0 fully saturated rings. The molecule has 0 spiro atoms. The van der Waals surface area contributed by atoms with Gasteiger partial charge in [0.05, 0.1) is 17.4 Å². The minimum atomic E-state index is 0.464. The number of aromatic nitrogens is 5. The Bertz CT molecular complexity index is 1330. The lowest BCUT2D eigenvalue weighted by Gasteiger charge is -2.10. The maximum Gasteiger partial charge on any atom is 0.150 e. The lowest BCUT2D eigenvalue weighted by Crippen LogP contribution is -2.23. The standard InChI is InChI=1S/C25H25N7O/c26-24-23-22(18-5-2-1-3-6-18)15-32(25(23)31-17-30-24)20-7-4-8-21(13-20)33-12-11-27-10-9-19-14-28-16-29-19/h1-8,13-17,27H,9-12H2,(H,28,29)(H2,26,30,31). The van der Waals surface area contributed by atoms with Crippen molar-refractivity contribution in [3.63, 3.8) is 0 Å². The van der Waals surface area contributed by atoms with Crippen LogP contribution in [0.1, 0.15) is 5.69 Å². The molecule has 3 heterocycles. The highest BCUT2D eigenvalue weighted by molar-refractivity contribution is 6.01. The van der Waals surface area contributed by atoms with Gasteiger partial charge in [0.25, 0.3) is 0 Å². The van der Waals surface area contributed by atoms with E-state index in [1.165, 1.54) is 6.33 Å². The zero-order chi connectivity index (χ0) is 22.5. The number of benzene rings is 2. The number of nitrogens with one attached hydrogen (secondary N) is 2. The third-order valence-electron chi connectivity index (χ3n) is 5.47. The van der Waals surface area contributed by atoms with Crippen molar-refractivity contribution in [3.05, 3.63) is 85.3 Å². The van der Waals surface area contributed by atoms with E-state index >= 15 is 0 Å². The zero-order valence-corrected chi connectivity index (χ0v) is 18.1. The van der Waals surface area contributed by atoms with Crippen LogP contribution in [0.4, 0.5) is 5.82 Å². The Balaban J connectivity index is 1.32. The molecule has 4 N–H and O–H groups in total. The van der Waals surface area contributed by atoms with Gasteiger partial charge in [-0.3, -0.25) is 0 Å². The molecule has 0 aliphatic rings. The van der Waals surface area contributed by atoms with Crippen LogP contribution in [0.5, 0.6) is 5.75 Å². The highest BCUT2D eigenvalue weighted by Crippen LogP contribution is 2.34. The van der Waals surface area contributed by atoms with Gasteiger partial charge in [0, 0.05) is 49.2 Å². The van der Waals surface area contributed by atoms with Gasteiger partial charge in [-0.1, -0.05) is 36.4 Å². The number of ether oxygens (including phenoxy) is 1. The fraction of sp³-hybridized carbons (Fsp3) is 0.160. The number of nitrogens with two attached hydrogens (primary N) is 1. The summed E-state index contributed by atoms with van der Waals surface area (Å²) in [7, 11) is 0. The average Bonchev–Trinajstić information content (AvgIpc) is 3.51. The van der Waals surface area contributed by atoms with Gasteiger partial charge in [-0.05, 0) is 17.7 Å². The molecule has 166 valence electrons. The van der Waals surface area contributed by atoms with E-state index in [9.17, 15) is 0 Å². The SMILES string of the molecule is Nc1ncnc2c1c(-c1ccccc1)cn2-c1cccc(OCCNCCc2cnc[nH]2)c1. The molecule has 0 radical (unpaired) electrons. The Hall–Kier alpha value is -4.17. The number of hydrogen-bond donors (Lipinski definition) is 3. The van der Waals surface area contributed by atoms with Crippen molar-refractivity contribution in [2.75, 3.05) is 25.4 Å². The van der Waals surface area contributed by atoms with Crippen LogP contribution in [0.3, 0.4) is 0 Å². The Morgan fingerprint density at radius 2 is 1.94 bits per heavy atom. The number of nitrogens with zero attached hydrogens (tertiary/aromatic N) is 4. The first-order valence-corrected chi connectivity index (χ1v) is 10.9. The minimum absolute atomic E-state index is 0.464. The van der Waals surface area contributed by atoms with Gasteiger partial charge in [0.15, 0.2) is 5.65 Å². The summed E-state index contributed by atoms with van der Waals surface area (Å²) in [6, 6.07) is 18.1. The van der Waals surface area contributed by atoms with Gasteiger partial charge in [0.2, 0.25) is 0 Å². The third kappa shape index (κ3) is 4.56. The molecule has 5 aromatic rings. The highest BCUT2D eigenvalue weighted by Gasteiger charge is 2.16. The largest absolute Gasteiger partial charge is 0.492 e. The van der Waals surface area contributed by atoms with Crippen LogP contribution in [-0.4, -0.2) is 44.2 Å². The van der Waals surface area contributed by atoms with Crippen LogP contribution in [-0.2, 0) is 6.42 Å². The van der Waals surface area contributed by atoms with Gasteiger partial charge in [0.1, 0.15) is 24.5 Å². The second kappa shape index (κ2) is 9.54. The number of fused-ring (bicyclic) bond motifs is 1. The Morgan fingerprint density at radius 1 is 1.03 bits per heavy atom. The van der Waals surface area contributed by atoms with Gasteiger partial charge >= 0.3 is 0 Å². The molecule has 3 aromatic heterocycles. The predicted octanol–water partition coefficient (Wildman–Crippen LogP) is 3.60. The Labute approximate surface area is 191 Å². The molecule has 33 heavy (non-hydrogen) atoms. The molecule has 8 heteroatoms. The first kappa shape index (κ1) is 20.7. The van der Waals surface area contributed by atoms with Crippen molar-refractivity contribution in [1.29, 1.82) is 0 Å². The first-order valence-electron chi connectivity index (χ1n) is 10.9. The smallest absolute Gasteiger partial charge is 0.150 e. The van der Waals surface area contributed by atoms with Gasteiger partial charge in [-0.25, -0.2) is 15.0 Å². The quantitative estimate of drug-likeness (QED) is 0.303. The summed E-state index contributed by atoms with van der Waals surface area (Å²) in [4.78, 5) is 15.9. The second-order valence-corrected chi connectivity index (χ2v) is 7.66. The number of aromatic amines is 1. The van der Waals surface area contributed by atoms with Crippen LogP contribution in [0.25, 0.3) is 27.8 Å². The molecule has 2 aromatic carbocycles. The van der Waals surface area contributed by atoms with Crippen molar-refractivity contribution in [1.82, 2.24) is 29.8 Å². The first-order chi connectivity index (χ1) is 16.3. The summed E-state index contributed by atoms with van der Waals surface area (Å²) in [6.07, 6.45) is 8.00. The molecule has 5 rings (SSSR count). The molecule has 0 aliphatic heterocycles. The summed E-state index contributed by atoms with van der Waals surface area (Å²) < 4.78 is 8.01. The van der Waals surface area contributed by atoms with Crippen molar-refractivity contribution < 1.29 is 4.74 Å². The van der Waals surface area contributed by atoms with Gasteiger partial charge in [-0.2, -0.15) is 0 Å². The average molecular weight is 440 g/mol. The van der Waals surface area contributed by atoms with E-state index in [-0.39, 0.29) is 0 Å². The van der Waals surface area contributed by atoms with Crippen LogP contribution >= 0.6 is 0 Å². The number of H-pyrrole nitrogens is 1. The number of hydrogen-bond acceptors (Lipinski definition) is 6. The van der Waals surface area contributed by atoms with Crippen LogP contribution in [0, 0.1) is 0 Å². The molecular weight excluding hydrogens is 414 g/mol. The molecule has 0 aliphatic carbocycles. The van der Waals surface area contributed by atoms with Crippen LogP contribution < -0.4 is 15.8 Å². The number of anilines is 1. The van der Waals surface area contributed by atoms with E-state index in [0.29, 0.717) is 12.4 Å². The van der Waals surface area contributed by atoms with Gasteiger partial charge < -0.3 is 25.3 Å². The molecule has 0 atom stereocenters. The lowest BCUT2D eigenvalue weighted by molar-refractivity contribution is 0.314. The summed E-state index contributed by atoms with van der Waals surface area (Å²) in [6.45, 7) is 2.19. The normalized spacial score (nSPS) is 11.2. The fourth-order valence-corrected chi connectivity index (χ4v) is 3.85. The van der Waals surface area contributed by atoms with E-state index in [2.05, 4.69) is 43.6 Å². The van der Waals surface area contributed by atoms with E-state index in [0.717, 1.165) is 58.8 Å². The summed E-state index contributed by atoms with van der Waals surface area (Å²) in [5.74, 6) is 1.26. The maximum absolute atomic E-state index is 6.25. The molecule has 0 saturated heterocycles. The Morgan fingerprint density at radius 3 is 2.79 bits per heavy atom. The number of nitrogen functional groups attached to an aromatic ring is 1. The molecule has 0 saturated carbocycles. The van der Waals surface area contributed by atoms with Crippen molar-refractivity contribution in [2.45, 2.75) is 6.42 Å². The lowest BCUT2D eigenvalue weighted by atomic mass is 10.1. The van der Waals surface area contributed by atoms with Crippen LogP contribution in [0.2, 0.25) is 0 Å². The van der Waals surface area contributed by atoms with Gasteiger partial charge in [-0.15, -0.1) is 0 Å². The van der Waals surface area contributed by atoms with E-state index in [4.69, 9.17) is 10.5 Å². The fourth-order valence-electron chi connectivity index (χ4n) is 3.85. The zero-order valence-electron chi connectivity index (χ0n) is 18.1. The molecule has 0 amide bonds. The van der Waals surface area contributed by atoms with E-state index in [1.807, 2.05) is 53.2 Å². The minimum Gasteiger partial charge on any atom is -0.492 e. The molecule has 0 unspecified atom stereocenters. The predicted molar refractivity (Wildman–Crippen MR) is 129 cm³/mol. The highest BCUT2D eigenvalue weighted by atomic mass is 16.5. The van der Waals surface area contributed by atoms with Crippen molar-refractivity contribution >= 4 is 16.9 Å². The van der Waals surface area contributed by atoms with Crippen molar-refractivity contribution in [3.8, 4) is 22.6 Å². The van der Waals surface area contributed by atoms with Crippen LogP contribution in [0.15, 0.2) is 79.6 Å². The monoisotopic (exact) mass is 439 g/mol. The van der Waals surface area contributed by atoms with Crippen molar-refractivity contribution in [2.24, 2.45) is 0 Å². The summed E-state index contributed by atoms with van der Waals surface area (Å²) >= 11 is 0. The summed E-state index contributed by atoms with van der Waals surface area (Å²) in [5, 5.41) is 4.23. The number of rotatable bonds is 9. The number of imidazole rings is 1. The van der Waals surface area contributed by atoms with E-state index in [1.54, 1.807) is 6.33 Å². The molecule has 8 nitrogen and oxygen atoms in total. The maximum atomic E-state index is 6.25. The molecule has 0 bridgehead atoms. The Kier molecular flexibility index (Phi) is 5.99. The summed E-state index contributed by atoms with van der Waals surface area (Å²) in [5.41, 5.74) is 11.1. The van der Waals surface area contributed by atoms with E-state index < -0.39 is 0 Å². The second-order valence-electron chi connectivity index (χ2n) is 7.66. The third-order valence-corrected chi connectivity index (χ3v) is 5.47. The molecular formula is C25H25N7O.